The van der Waals surface area contributed by atoms with E-state index in [1.165, 1.54) is 25.7 Å². The summed E-state index contributed by atoms with van der Waals surface area (Å²) in [4.78, 5) is 10.9. The Morgan fingerprint density at radius 1 is 1.19 bits per heavy atom. The lowest BCUT2D eigenvalue weighted by molar-refractivity contribution is -0.137. The first-order valence-electron chi connectivity index (χ1n) is 9.48. The van der Waals surface area contributed by atoms with Crippen molar-refractivity contribution >= 4 is 18.6 Å². The fourth-order valence-corrected chi connectivity index (χ4v) is 2.79. The number of carbonyl (C=O) groups is 1. The van der Waals surface area contributed by atoms with Gasteiger partial charge in [-0.15, -0.1) is 0 Å². The molecule has 0 radical (unpaired) electrons. The van der Waals surface area contributed by atoms with Crippen molar-refractivity contribution in [3.05, 3.63) is 36.9 Å². The zero-order chi connectivity index (χ0) is 18.6. The number of carbonyl (C=O) groups excluding carboxylic acids is 1. The first kappa shape index (κ1) is 20.5. The molecular formula is C20H29BO5. The topological polar surface area (TPSA) is 54.0 Å². The maximum Gasteiger partial charge on any atom is 0.493 e. The molecule has 0 aromatic heterocycles. The van der Waals surface area contributed by atoms with E-state index in [1.54, 1.807) is 0 Å². The van der Waals surface area contributed by atoms with Crippen LogP contribution in [-0.4, -0.2) is 39.5 Å². The Hall–Kier alpha value is -1.79. The third-order valence-electron chi connectivity index (χ3n) is 4.30. The third kappa shape index (κ3) is 7.22. The second-order valence-corrected chi connectivity index (χ2v) is 6.50. The predicted octanol–water partition coefficient (Wildman–Crippen LogP) is 3.12. The van der Waals surface area contributed by atoms with Gasteiger partial charge in [0.25, 0.3) is 0 Å². The Balaban J connectivity index is 1.66. The first-order chi connectivity index (χ1) is 12.7. The van der Waals surface area contributed by atoms with Crippen molar-refractivity contribution in [2.45, 2.75) is 39.0 Å². The van der Waals surface area contributed by atoms with Gasteiger partial charge in [0, 0.05) is 31.6 Å². The summed E-state index contributed by atoms with van der Waals surface area (Å²) < 4.78 is 22.3. The van der Waals surface area contributed by atoms with E-state index in [4.69, 9.17) is 18.8 Å². The molecule has 1 aromatic rings. The SMILES string of the molecule is C=CC(=O)OCCCOc1ccc(B2OCC(CCCCC)CO2)cc1. The highest BCUT2D eigenvalue weighted by molar-refractivity contribution is 6.61. The lowest BCUT2D eigenvalue weighted by Gasteiger charge is -2.27. The summed E-state index contributed by atoms with van der Waals surface area (Å²) in [6.45, 7) is 7.90. The monoisotopic (exact) mass is 360 g/mol. The van der Waals surface area contributed by atoms with Crippen molar-refractivity contribution in [1.82, 2.24) is 0 Å². The van der Waals surface area contributed by atoms with Crippen LogP contribution >= 0.6 is 0 Å². The van der Waals surface area contributed by atoms with Gasteiger partial charge in [0.1, 0.15) is 5.75 Å². The molecule has 1 aromatic carbocycles. The van der Waals surface area contributed by atoms with Crippen LogP contribution < -0.4 is 10.2 Å². The molecule has 1 aliphatic heterocycles. The van der Waals surface area contributed by atoms with E-state index >= 15 is 0 Å². The Morgan fingerprint density at radius 2 is 1.92 bits per heavy atom. The van der Waals surface area contributed by atoms with E-state index in [-0.39, 0.29) is 7.12 Å². The van der Waals surface area contributed by atoms with Gasteiger partial charge in [-0.1, -0.05) is 44.9 Å². The number of rotatable bonds is 11. The molecule has 1 aliphatic rings. The van der Waals surface area contributed by atoms with Gasteiger partial charge in [0.05, 0.1) is 13.2 Å². The van der Waals surface area contributed by atoms with Crippen LogP contribution in [0.3, 0.4) is 0 Å². The van der Waals surface area contributed by atoms with Crippen LogP contribution in [0.5, 0.6) is 5.75 Å². The lowest BCUT2D eigenvalue weighted by atomic mass is 9.77. The van der Waals surface area contributed by atoms with Gasteiger partial charge in [-0.05, 0) is 24.0 Å². The summed E-state index contributed by atoms with van der Waals surface area (Å²) in [5.41, 5.74) is 1.00. The van der Waals surface area contributed by atoms with E-state index in [0.717, 1.165) is 30.5 Å². The van der Waals surface area contributed by atoms with Crippen LogP contribution in [-0.2, 0) is 18.8 Å². The number of hydrogen-bond acceptors (Lipinski definition) is 5. The van der Waals surface area contributed by atoms with Gasteiger partial charge in [0.2, 0.25) is 0 Å². The molecule has 0 amide bonds. The van der Waals surface area contributed by atoms with E-state index < -0.39 is 5.97 Å². The minimum absolute atomic E-state index is 0.287. The number of hydrogen-bond donors (Lipinski definition) is 0. The molecule has 5 nitrogen and oxygen atoms in total. The molecule has 26 heavy (non-hydrogen) atoms. The average Bonchev–Trinajstić information content (AvgIpc) is 2.69. The summed E-state index contributed by atoms with van der Waals surface area (Å²) in [7, 11) is -0.287. The Labute approximate surface area is 156 Å². The number of esters is 1. The number of benzene rings is 1. The average molecular weight is 360 g/mol. The first-order valence-corrected chi connectivity index (χ1v) is 9.48. The number of unbranched alkanes of at least 4 members (excludes halogenated alkanes) is 2. The fraction of sp³-hybridized carbons (Fsp3) is 0.550. The number of ether oxygens (including phenoxy) is 2. The molecule has 0 aliphatic carbocycles. The van der Waals surface area contributed by atoms with Gasteiger partial charge >= 0.3 is 13.1 Å². The molecule has 0 N–H and O–H groups in total. The highest BCUT2D eigenvalue weighted by Gasteiger charge is 2.28. The summed E-state index contributed by atoms with van der Waals surface area (Å²) in [5, 5.41) is 0. The van der Waals surface area contributed by atoms with Gasteiger partial charge in [-0.3, -0.25) is 0 Å². The second kappa shape index (κ2) is 11.8. The van der Waals surface area contributed by atoms with Crippen LogP contribution in [0.4, 0.5) is 0 Å². The maximum absolute atomic E-state index is 10.9. The minimum atomic E-state index is -0.408. The molecule has 0 unspecified atom stereocenters. The van der Waals surface area contributed by atoms with Crippen molar-refractivity contribution < 1.29 is 23.6 Å². The van der Waals surface area contributed by atoms with Crippen molar-refractivity contribution in [2.75, 3.05) is 26.4 Å². The van der Waals surface area contributed by atoms with E-state index in [0.29, 0.717) is 25.6 Å². The van der Waals surface area contributed by atoms with Crippen LogP contribution in [0, 0.1) is 5.92 Å². The molecular weight excluding hydrogens is 331 g/mol. The highest BCUT2D eigenvalue weighted by Crippen LogP contribution is 2.17. The predicted molar refractivity (Wildman–Crippen MR) is 103 cm³/mol. The van der Waals surface area contributed by atoms with Gasteiger partial charge in [0.15, 0.2) is 0 Å². The molecule has 1 saturated heterocycles. The zero-order valence-corrected chi connectivity index (χ0v) is 15.7. The van der Waals surface area contributed by atoms with Crippen LogP contribution in [0.25, 0.3) is 0 Å². The quantitative estimate of drug-likeness (QED) is 0.263. The molecule has 0 bridgehead atoms. The van der Waals surface area contributed by atoms with Gasteiger partial charge in [-0.25, -0.2) is 4.79 Å². The summed E-state index contributed by atoms with van der Waals surface area (Å²) >= 11 is 0. The molecule has 0 spiro atoms. The summed E-state index contributed by atoms with van der Waals surface area (Å²) in [6, 6.07) is 7.75. The largest absolute Gasteiger partial charge is 0.493 e. The van der Waals surface area contributed by atoms with Gasteiger partial charge in [-0.2, -0.15) is 0 Å². The standard InChI is InChI=1S/C20H29BO5/c1-3-5-6-8-17-15-25-21(26-16-17)18-9-11-19(12-10-18)23-13-7-14-24-20(22)4-2/h4,9-12,17H,2-3,5-8,13-16H2,1H3. The Kier molecular flexibility index (Phi) is 9.28. The molecule has 0 atom stereocenters. The Morgan fingerprint density at radius 3 is 2.58 bits per heavy atom. The Bertz CT molecular complexity index is 538. The van der Waals surface area contributed by atoms with Crippen molar-refractivity contribution in [3.8, 4) is 5.75 Å². The summed E-state index contributed by atoms with van der Waals surface area (Å²) in [6.07, 6.45) is 6.73. The fourth-order valence-electron chi connectivity index (χ4n) is 2.79. The van der Waals surface area contributed by atoms with Crippen molar-refractivity contribution in [3.63, 3.8) is 0 Å². The minimum Gasteiger partial charge on any atom is -0.493 e. The van der Waals surface area contributed by atoms with Crippen molar-refractivity contribution in [2.24, 2.45) is 5.92 Å². The third-order valence-corrected chi connectivity index (χ3v) is 4.30. The van der Waals surface area contributed by atoms with E-state index in [1.807, 2.05) is 24.3 Å². The lowest BCUT2D eigenvalue weighted by Crippen LogP contribution is -2.44. The van der Waals surface area contributed by atoms with E-state index in [9.17, 15) is 4.79 Å². The second-order valence-electron chi connectivity index (χ2n) is 6.50. The van der Waals surface area contributed by atoms with Crippen molar-refractivity contribution in [1.29, 1.82) is 0 Å². The highest BCUT2D eigenvalue weighted by atomic mass is 16.6. The molecule has 2 rings (SSSR count). The molecule has 0 saturated carbocycles. The van der Waals surface area contributed by atoms with Crippen LogP contribution in [0.15, 0.2) is 36.9 Å². The van der Waals surface area contributed by atoms with Crippen LogP contribution in [0.1, 0.15) is 39.0 Å². The normalized spacial score (nSPS) is 14.9. The van der Waals surface area contributed by atoms with Crippen LogP contribution in [0.2, 0.25) is 0 Å². The van der Waals surface area contributed by atoms with E-state index in [2.05, 4.69) is 13.5 Å². The smallest absolute Gasteiger partial charge is 0.493 e. The maximum atomic E-state index is 10.9. The zero-order valence-electron chi connectivity index (χ0n) is 15.7. The molecule has 6 heteroatoms. The molecule has 1 fully saturated rings. The summed E-state index contributed by atoms with van der Waals surface area (Å²) in [5.74, 6) is 0.877. The molecule has 142 valence electrons. The molecule has 1 heterocycles. The van der Waals surface area contributed by atoms with Gasteiger partial charge < -0.3 is 18.8 Å².